The summed E-state index contributed by atoms with van der Waals surface area (Å²) in [5.41, 5.74) is 0.565. The van der Waals surface area contributed by atoms with Gasteiger partial charge in [0.1, 0.15) is 11.6 Å². The molecule has 0 aromatic heterocycles. The number of halogens is 2. The maximum atomic E-state index is 13.6. The fraction of sp³-hybridized carbons (Fsp3) is 0.235. The zero-order chi connectivity index (χ0) is 16.2. The molecule has 0 spiro atoms. The van der Waals surface area contributed by atoms with Crippen LogP contribution >= 0.6 is 15.9 Å². The smallest absolute Gasteiger partial charge is 0.325 e. The summed E-state index contributed by atoms with van der Waals surface area (Å²) in [6.45, 7) is 1.86. The molecule has 118 valence electrons. The Bertz CT molecular complexity index is 813. The summed E-state index contributed by atoms with van der Waals surface area (Å²) in [7, 11) is 0. The van der Waals surface area contributed by atoms with Gasteiger partial charge in [-0.2, -0.15) is 0 Å². The summed E-state index contributed by atoms with van der Waals surface area (Å²) in [6, 6.07) is 11.3. The van der Waals surface area contributed by atoms with Gasteiger partial charge in [-0.3, -0.25) is 4.90 Å². The van der Waals surface area contributed by atoms with Crippen molar-refractivity contribution in [2.24, 2.45) is 0 Å². The van der Waals surface area contributed by atoms with Crippen LogP contribution in [-0.2, 0) is 0 Å². The Morgan fingerprint density at radius 1 is 1.35 bits per heavy atom. The van der Waals surface area contributed by atoms with Crippen LogP contribution in [0, 0.1) is 5.82 Å². The predicted molar refractivity (Wildman–Crippen MR) is 87.9 cm³/mol. The lowest BCUT2D eigenvalue weighted by Crippen LogP contribution is -2.65. The second kappa shape index (κ2) is 4.96. The standard InChI is InChI=1S/C17H14BrFN2O2/c1-17-9-14(13-7-10(18)5-6-15(13)23-17)20-16(22)21(17)12-4-2-3-11(19)8-12/h2-8,14H,9H2,1H3,(H,20,22). The van der Waals surface area contributed by atoms with Gasteiger partial charge in [0.15, 0.2) is 5.72 Å². The average Bonchev–Trinajstić information content (AvgIpc) is 2.47. The van der Waals surface area contributed by atoms with Crippen LogP contribution in [0.3, 0.4) is 0 Å². The number of urea groups is 1. The molecule has 1 saturated heterocycles. The minimum absolute atomic E-state index is 0.126. The van der Waals surface area contributed by atoms with Gasteiger partial charge >= 0.3 is 6.03 Å². The largest absolute Gasteiger partial charge is 0.467 e. The van der Waals surface area contributed by atoms with E-state index in [4.69, 9.17) is 4.74 Å². The second-order valence-electron chi connectivity index (χ2n) is 5.98. The van der Waals surface area contributed by atoms with E-state index in [9.17, 15) is 9.18 Å². The third kappa shape index (κ3) is 2.28. The summed E-state index contributed by atoms with van der Waals surface area (Å²) in [6.07, 6.45) is 0.582. The van der Waals surface area contributed by atoms with Crippen LogP contribution in [0.5, 0.6) is 5.75 Å². The Kier molecular flexibility index (Phi) is 3.13. The molecule has 2 aliphatic heterocycles. The summed E-state index contributed by atoms with van der Waals surface area (Å²) in [5.74, 6) is 0.342. The van der Waals surface area contributed by atoms with Crippen molar-refractivity contribution >= 4 is 27.6 Å². The number of carbonyl (C=O) groups is 1. The highest BCUT2D eigenvalue weighted by atomic mass is 79.9. The number of nitrogens with zero attached hydrogens (tertiary/aromatic N) is 1. The molecule has 0 radical (unpaired) electrons. The first-order valence-electron chi connectivity index (χ1n) is 7.31. The van der Waals surface area contributed by atoms with Crippen LogP contribution in [0.15, 0.2) is 46.9 Å². The van der Waals surface area contributed by atoms with Crippen molar-refractivity contribution in [3.05, 3.63) is 58.3 Å². The molecule has 1 N–H and O–H groups in total. The minimum Gasteiger partial charge on any atom is -0.467 e. The Balaban J connectivity index is 1.81. The molecule has 4 nitrogen and oxygen atoms in total. The lowest BCUT2D eigenvalue weighted by molar-refractivity contribution is 0.0378. The number of benzene rings is 2. The maximum absolute atomic E-state index is 13.6. The summed E-state index contributed by atoms with van der Waals surface area (Å²) in [5, 5.41) is 2.99. The normalized spacial score (nSPS) is 25.4. The number of hydrogen-bond donors (Lipinski definition) is 1. The maximum Gasteiger partial charge on any atom is 0.325 e. The molecular formula is C17H14BrFN2O2. The number of hydrogen-bond acceptors (Lipinski definition) is 2. The molecular weight excluding hydrogens is 363 g/mol. The first-order chi connectivity index (χ1) is 11.0. The van der Waals surface area contributed by atoms with E-state index in [0.717, 1.165) is 15.8 Å². The van der Waals surface area contributed by atoms with Crippen molar-refractivity contribution in [1.29, 1.82) is 0 Å². The van der Waals surface area contributed by atoms with Crippen LogP contribution < -0.4 is 15.0 Å². The zero-order valence-electron chi connectivity index (χ0n) is 12.3. The molecule has 2 aromatic carbocycles. The zero-order valence-corrected chi connectivity index (χ0v) is 13.9. The molecule has 0 aliphatic carbocycles. The molecule has 2 aliphatic rings. The van der Waals surface area contributed by atoms with Gasteiger partial charge in [0.2, 0.25) is 0 Å². The molecule has 2 aromatic rings. The Morgan fingerprint density at radius 2 is 2.17 bits per heavy atom. The number of carbonyl (C=O) groups excluding carboxylic acids is 1. The minimum atomic E-state index is -0.860. The van der Waals surface area contributed by atoms with E-state index in [1.807, 2.05) is 25.1 Å². The van der Waals surface area contributed by atoms with E-state index in [-0.39, 0.29) is 17.9 Å². The molecule has 2 heterocycles. The first kappa shape index (κ1) is 14.5. The van der Waals surface area contributed by atoms with Gasteiger partial charge in [0.05, 0.1) is 11.7 Å². The van der Waals surface area contributed by atoms with E-state index in [1.165, 1.54) is 17.0 Å². The third-order valence-corrected chi connectivity index (χ3v) is 4.79. The van der Waals surface area contributed by atoms with Crippen LogP contribution in [0.1, 0.15) is 24.9 Å². The molecule has 2 unspecified atom stereocenters. The quantitative estimate of drug-likeness (QED) is 0.803. The monoisotopic (exact) mass is 376 g/mol. The Labute approximate surface area is 141 Å². The van der Waals surface area contributed by atoms with Crippen LogP contribution in [0.4, 0.5) is 14.9 Å². The van der Waals surface area contributed by atoms with Crippen molar-refractivity contribution in [1.82, 2.24) is 5.32 Å². The molecule has 2 atom stereocenters. The van der Waals surface area contributed by atoms with Crippen molar-refractivity contribution in [2.75, 3.05) is 4.90 Å². The van der Waals surface area contributed by atoms with Gasteiger partial charge in [0.25, 0.3) is 0 Å². The van der Waals surface area contributed by atoms with Gasteiger partial charge in [-0.25, -0.2) is 9.18 Å². The third-order valence-electron chi connectivity index (χ3n) is 4.30. The number of rotatable bonds is 1. The molecule has 4 rings (SSSR count). The Hall–Kier alpha value is -2.08. The van der Waals surface area contributed by atoms with Gasteiger partial charge in [0, 0.05) is 16.5 Å². The van der Waals surface area contributed by atoms with Crippen LogP contribution in [0.25, 0.3) is 0 Å². The van der Waals surface area contributed by atoms with Crippen LogP contribution in [-0.4, -0.2) is 11.8 Å². The molecule has 23 heavy (non-hydrogen) atoms. The van der Waals surface area contributed by atoms with E-state index in [0.29, 0.717) is 12.1 Å². The van der Waals surface area contributed by atoms with Crippen molar-refractivity contribution in [3.8, 4) is 5.75 Å². The number of nitrogens with one attached hydrogen (secondary N) is 1. The van der Waals surface area contributed by atoms with Crippen molar-refractivity contribution in [2.45, 2.75) is 25.1 Å². The van der Waals surface area contributed by atoms with Gasteiger partial charge in [-0.1, -0.05) is 22.0 Å². The van der Waals surface area contributed by atoms with Gasteiger partial charge < -0.3 is 10.1 Å². The predicted octanol–water partition coefficient (Wildman–Crippen LogP) is 4.36. The number of amides is 2. The lowest BCUT2D eigenvalue weighted by atomic mass is 9.90. The average molecular weight is 377 g/mol. The lowest BCUT2D eigenvalue weighted by Gasteiger charge is -2.50. The van der Waals surface area contributed by atoms with E-state index in [2.05, 4.69) is 21.2 Å². The fourth-order valence-electron chi connectivity index (χ4n) is 3.35. The summed E-state index contributed by atoms with van der Waals surface area (Å²) >= 11 is 3.44. The van der Waals surface area contributed by atoms with Gasteiger partial charge in [-0.05, 0) is 43.3 Å². The summed E-state index contributed by atoms with van der Waals surface area (Å²) < 4.78 is 20.7. The molecule has 2 amide bonds. The number of ether oxygens (including phenoxy) is 1. The highest BCUT2D eigenvalue weighted by Gasteiger charge is 2.49. The van der Waals surface area contributed by atoms with E-state index in [1.54, 1.807) is 12.1 Å². The first-order valence-corrected chi connectivity index (χ1v) is 8.10. The van der Waals surface area contributed by atoms with E-state index < -0.39 is 5.72 Å². The molecule has 1 fully saturated rings. The highest BCUT2D eigenvalue weighted by molar-refractivity contribution is 9.10. The fourth-order valence-corrected chi connectivity index (χ4v) is 3.73. The molecule has 0 saturated carbocycles. The molecule has 2 bridgehead atoms. The van der Waals surface area contributed by atoms with Crippen molar-refractivity contribution < 1.29 is 13.9 Å². The second-order valence-corrected chi connectivity index (χ2v) is 6.90. The molecule has 6 heteroatoms. The highest BCUT2D eigenvalue weighted by Crippen LogP contribution is 2.46. The van der Waals surface area contributed by atoms with Crippen LogP contribution in [0.2, 0.25) is 0 Å². The number of fused-ring (bicyclic) bond motifs is 4. The topological polar surface area (TPSA) is 41.6 Å². The summed E-state index contributed by atoms with van der Waals surface area (Å²) in [4.78, 5) is 14.1. The van der Waals surface area contributed by atoms with Gasteiger partial charge in [-0.15, -0.1) is 0 Å². The Morgan fingerprint density at radius 3 is 2.96 bits per heavy atom. The van der Waals surface area contributed by atoms with Crippen molar-refractivity contribution in [3.63, 3.8) is 0 Å². The van der Waals surface area contributed by atoms with E-state index >= 15 is 0 Å². The SMILES string of the molecule is CC12CC(NC(=O)N1c1cccc(F)c1)c1cc(Br)ccc1O2. The number of anilines is 1.